The van der Waals surface area contributed by atoms with E-state index in [1.165, 1.54) is 0 Å². The molecule has 30 heavy (non-hydrogen) atoms. The van der Waals surface area contributed by atoms with Gasteiger partial charge in [0, 0.05) is 28.1 Å². The van der Waals surface area contributed by atoms with E-state index in [2.05, 4.69) is 24.1 Å². The van der Waals surface area contributed by atoms with Crippen LogP contribution < -0.4 is 10.1 Å². The van der Waals surface area contributed by atoms with Crippen molar-refractivity contribution in [3.63, 3.8) is 0 Å². The average molecular weight is 447 g/mol. The standard InChI is InChI=1S/C24H28Cl2N2O2/c1-4-7-17(8-5-2)27-24(29)15-9-10-18(23(13-15)30-6-3)22-12-16-11-19(25)20(26)14-21(16)28-22/h9-14,17,28H,4-8H2,1-3H3,(H,27,29). The van der Waals surface area contributed by atoms with Gasteiger partial charge in [-0.05, 0) is 56.2 Å². The topological polar surface area (TPSA) is 54.1 Å². The number of fused-ring (bicyclic) bond motifs is 1. The lowest BCUT2D eigenvalue weighted by molar-refractivity contribution is 0.0932. The van der Waals surface area contributed by atoms with Gasteiger partial charge in [-0.25, -0.2) is 0 Å². The number of carbonyl (C=O) groups is 1. The Morgan fingerprint density at radius 2 is 1.73 bits per heavy atom. The van der Waals surface area contributed by atoms with Gasteiger partial charge in [0.25, 0.3) is 5.91 Å². The molecule has 0 atom stereocenters. The Kier molecular flexibility index (Phi) is 7.68. The zero-order chi connectivity index (χ0) is 21.7. The van der Waals surface area contributed by atoms with Crippen LogP contribution in [-0.2, 0) is 0 Å². The molecule has 3 rings (SSSR count). The van der Waals surface area contributed by atoms with Crippen molar-refractivity contribution >= 4 is 40.0 Å². The summed E-state index contributed by atoms with van der Waals surface area (Å²) in [5, 5.41) is 5.15. The molecule has 0 aliphatic carbocycles. The minimum atomic E-state index is -0.0652. The second-order valence-corrected chi connectivity index (χ2v) is 8.24. The van der Waals surface area contributed by atoms with Gasteiger partial charge in [-0.1, -0.05) is 49.9 Å². The van der Waals surface area contributed by atoms with E-state index in [1.54, 1.807) is 0 Å². The molecule has 0 unspecified atom stereocenters. The molecule has 6 heteroatoms. The van der Waals surface area contributed by atoms with Crippen LogP contribution in [0.3, 0.4) is 0 Å². The third-order valence-corrected chi connectivity index (χ3v) is 5.83. The SMILES string of the molecule is CCCC(CCC)NC(=O)c1ccc(-c2cc3cc(Cl)c(Cl)cc3[nH]2)c(OCC)c1. The highest BCUT2D eigenvalue weighted by Gasteiger charge is 2.17. The smallest absolute Gasteiger partial charge is 0.251 e. The van der Waals surface area contributed by atoms with Crippen LogP contribution in [-0.4, -0.2) is 23.5 Å². The predicted octanol–water partition coefficient (Wildman–Crippen LogP) is 7.24. The first-order valence-electron chi connectivity index (χ1n) is 10.5. The molecule has 0 fully saturated rings. The van der Waals surface area contributed by atoms with Gasteiger partial charge in [-0.15, -0.1) is 0 Å². The minimum Gasteiger partial charge on any atom is -0.493 e. The van der Waals surface area contributed by atoms with Gasteiger partial charge in [0.15, 0.2) is 0 Å². The summed E-state index contributed by atoms with van der Waals surface area (Å²) in [6.07, 6.45) is 4.05. The van der Waals surface area contributed by atoms with Crippen molar-refractivity contribution in [2.45, 2.75) is 52.5 Å². The van der Waals surface area contributed by atoms with Crippen LogP contribution >= 0.6 is 23.2 Å². The Hall–Kier alpha value is -2.17. The number of ether oxygens (including phenoxy) is 1. The number of hydrogen-bond donors (Lipinski definition) is 2. The van der Waals surface area contributed by atoms with Gasteiger partial charge in [-0.2, -0.15) is 0 Å². The Morgan fingerprint density at radius 3 is 2.40 bits per heavy atom. The first-order valence-corrected chi connectivity index (χ1v) is 11.3. The largest absolute Gasteiger partial charge is 0.493 e. The van der Waals surface area contributed by atoms with E-state index in [9.17, 15) is 4.79 Å². The Labute approximate surface area is 187 Å². The number of aromatic amines is 1. The third-order valence-electron chi connectivity index (χ3n) is 5.10. The van der Waals surface area contributed by atoms with E-state index in [0.717, 1.165) is 47.8 Å². The second kappa shape index (κ2) is 10.2. The highest BCUT2D eigenvalue weighted by molar-refractivity contribution is 6.42. The van der Waals surface area contributed by atoms with Gasteiger partial charge in [0.1, 0.15) is 5.75 Å². The Bertz CT molecular complexity index is 984. The molecular weight excluding hydrogens is 419 g/mol. The lowest BCUT2D eigenvalue weighted by atomic mass is 10.0. The van der Waals surface area contributed by atoms with Gasteiger partial charge < -0.3 is 15.0 Å². The molecule has 0 aliphatic heterocycles. The summed E-state index contributed by atoms with van der Waals surface area (Å²) in [5.41, 5.74) is 3.26. The lowest BCUT2D eigenvalue weighted by Gasteiger charge is -2.18. The summed E-state index contributed by atoms with van der Waals surface area (Å²) in [6.45, 7) is 6.71. The fourth-order valence-electron chi connectivity index (χ4n) is 3.69. The number of H-pyrrole nitrogens is 1. The molecule has 2 N–H and O–H groups in total. The number of halogens is 2. The zero-order valence-electron chi connectivity index (χ0n) is 17.6. The molecule has 0 saturated heterocycles. The maximum Gasteiger partial charge on any atom is 0.251 e. The molecule has 0 spiro atoms. The van der Waals surface area contributed by atoms with E-state index < -0.39 is 0 Å². The monoisotopic (exact) mass is 446 g/mol. The molecule has 0 radical (unpaired) electrons. The van der Waals surface area contributed by atoms with E-state index in [4.69, 9.17) is 27.9 Å². The molecule has 4 nitrogen and oxygen atoms in total. The van der Waals surface area contributed by atoms with Crippen molar-refractivity contribution in [1.29, 1.82) is 0 Å². The number of carbonyl (C=O) groups excluding carboxylic acids is 1. The third kappa shape index (κ3) is 5.11. The Balaban J connectivity index is 1.92. The van der Waals surface area contributed by atoms with Crippen molar-refractivity contribution < 1.29 is 9.53 Å². The minimum absolute atomic E-state index is 0.0652. The van der Waals surface area contributed by atoms with E-state index >= 15 is 0 Å². The normalized spacial score (nSPS) is 11.3. The van der Waals surface area contributed by atoms with Crippen LogP contribution in [0.25, 0.3) is 22.2 Å². The molecular formula is C24H28Cl2N2O2. The summed E-state index contributed by atoms with van der Waals surface area (Å²) in [4.78, 5) is 16.2. The fraction of sp³-hybridized carbons (Fsp3) is 0.375. The molecule has 0 bridgehead atoms. The summed E-state index contributed by atoms with van der Waals surface area (Å²) in [6, 6.07) is 11.4. The van der Waals surface area contributed by atoms with Crippen molar-refractivity contribution in [2.24, 2.45) is 0 Å². The molecule has 2 aromatic carbocycles. The molecule has 1 amide bonds. The van der Waals surface area contributed by atoms with Crippen LogP contribution in [0.2, 0.25) is 10.0 Å². The summed E-state index contributed by atoms with van der Waals surface area (Å²) < 4.78 is 5.87. The summed E-state index contributed by atoms with van der Waals surface area (Å²) in [5.74, 6) is 0.598. The number of nitrogens with one attached hydrogen (secondary N) is 2. The van der Waals surface area contributed by atoms with Crippen LogP contribution in [0.1, 0.15) is 56.8 Å². The highest BCUT2D eigenvalue weighted by Crippen LogP contribution is 2.35. The molecule has 0 saturated carbocycles. The fourth-order valence-corrected chi connectivity index (χ4v) is 4.02. The van der Waals surface area contributed by atoms with Gasteiger partial charge in [-0.3, -0.25) is 4.79 Å². The van der Waals surface area contributed by atoms with Gasteiger partial charge in [0.2, 0.25) is 0 Å². The van der Waals surface area contributed by atoms with Crippen LogP contribution in [0.5, 0.6) is 5.75 Å². The second-order valence-electron chi connectivity index (χ2n) is 7.43. The quantitative estimate of drug-likeness (QED) is 0.363. The van der Waals surface area contributed by atoms with E-state index in [1.807, 2.05) is 43.3 Å². The number of amides is 1. The molecule has 1 aromatic heterocycles. The number of rotatable bonds is 9. The first-order chi connectivity index (χ1) is 14.5. The van der Waals surface area contributed by atoms with Gasteiger partial charge in [0.05, 0.1) is 22.3 Å². The predicted molar refractivity (Wildman–Crippen MR) is 126 cm³/mol. The molecule has 160 valence electrons. The number of hydrogen-bond acceptors (Lipinski definition) is 2. The van der Waals surface area contributed by atoms with Crippen LogP contribution in [0.15, 0.2) is 36.4 Å². The van der Waals surface area contributed by atoms with Crippen molar-refractivity contribution in [3.05, 3.63) is 52.0 Å². The number of aromatic nitrogens is 1. The van der Waals surface area contributed by atoms with Crippen molar-refractivity contribution in [2.75, 3.05) is 6.61 Å². The first kappa shape index (κ1) is 22.5. The molecule has 0 aliphatic rings. The summed E-state index contributed by atoms with van der Waals surface area (Å²) >= 11 is 12.3. The number of benzene rings is 2. The maximum absolute atomic E-state index is 12.8. The average Bonchev–Trinajstić information content (AvgIpc) is 3.11. The maximum atomic E-state index is 12.8. The Morgan fingerprint density at radius 1 is 1.03 bits per heavy atom. The van der Waals surface area contributed by atoms with Crippen molar-refractivity contribution in [3.8, 4) is 17.0 Å². The van der Waals surface area contributed by atoms with Gasteiger partial charge >= 0.3 is 0 Å². The lowest BCUT2D eigenvalue weighted by Crippen LogP contribution is -2.34. The highest BCUT2D eigenvalue weighted by atomic mass is 35.5. The summed E-state index contributed by atoms with van der Waals surface area (Å²) in [7, 11) is 0. The molecule has 1 heterocycles. The van der Waals surface area contributed by atoms with E-state index in [-0.39, 0.29) is 11.9 Å². The van der Waals surface area contributed by atoms with Crippen molar-refractivity contribution in [1.82, 2.24) is 10.3 Å². The van der Waals surface area contributed by atoms with E-state index in [0.29, 0.717) is 28.0 Å². The van der Waals surface area contributed by atoms with Crippen LogP contribution in [0, 0.1) is 0 Å². The molecule has 3 aromatic rings. The van der Waals surface area contributed by atoms with Crippen LogP contribution in [0.4, 0.5) is 0 Å². The zero-order valence-corrected chi connectivity index (χ0v) is 19.2.